The predicted molar refractivity (Wildman–Crippen MR) is 68.1 cm³/mol. The molecule has 1 saturated heterocycles. The van der Waals surface area contributed by atoms with Crippen molar-refractivity contribution in [1.29, 1.82) is 0 Å². The van der Waals surface area contributed by atoms with Gasteiger partial charge in [-0.15, -0.1) is 0 Å². The van der Waals surface area contributed by atoms with Crippen LogP contribution in [0.2, 0.25) is 0 Å². The summed E-state index contributed by atoms with van der Waals surface area (Å²) in [6, 6.07) is 0.420. The normalized spacial score (nSPS) is 26.1. The molecule has 0 bridgehead atoms. The van der Waals surface area contributed by atoms with Gasteiger partial charge in [-0.1, -0.05) is 13.8 Å². The van der Waals surface area contributed by atoms with Gasteiger partial charge in [-0.25, -0.2) is 0 Å². The van der Waals surface area contributed by atoms with E-state index in [-0.39, 0.29) is 12.1 Å². The highest BCUT2D eigenvalue weighted by molar-refractivity contribution is 5.03. The highest BCUT2D eigenvalue weighted by Crippen LogP contribution is 2.40. The van der Waals surface area contributed by atoms with Gasteiger partial charge in [0.1, 0.15) is 0 Å². The van der Waals surface area contributed by atoms with Gasteiger partial charge in [-0.3, -0.25) is 4.90 Å². The molecular formula is C13H26N2O2. The first-order valence-electron chi connectivity index (χ1n) is 6.85. The van der Waals surface area contributed by atoms with Crippen molar-refractivity contribution in [2.45, 2.75) is 38.3 Å². The van der Waals surface area contributed by atoms with Crippen LogP contribution >= 0.6 is 0 Å². The maximum Gasteiger partial charge on any atom is 0.0628 e. The van der Waals surface area contributed by atoms with Gasteiger partial charge in [-0.2, -0.15) is 0 Å². The molecule has 2 fully saturated rings. The number of aliphatic hydroxyl groups is 1. The van der Waals surface area contributed by atoms with Crippen LogP contribution in [-0.2, 0) is 4.74 Å². The van der Waals surface area contributed by atoms with E-state index in [4.69, 9.17) is 4.74 Å². The highest BCUT2D eigenvalue weighted by Gasteiger charge is 2.46. The van der Waals surface area contributed by atoms with E-state index in [1.807, 2.05) is 0 Å². The van der Waals surface area contributed by atoms with Crippen LogP contribution in [-0.4, -0.2) is 61.0 Å². The Morgan fingerprint density at radius 2 is 2.00 bits per heavy atom. The SMILES string of the molecule is CC(C)NC(CO)(CN1CCOCC1)C1CC1. The van der Waals surface area contributed by atoms with Crippen molar-refractivity contribution in [2.75, 3.05) is 39.5 Å². The number of nitrogens with zero attached hydrogens (tertiary/aromatic N) is 1. The van der Waals surface area contributed by atoms with E-state index in [9.17, 15) is 5.11 Å². The predicted octanol–water partition coefficient (Wildman–Crippen LogP) is 0.458. The van der Waals surface area contributed by atoms with E-state index < -0.39 is 0 Å². The fourth-order valence-electron chi connectivity index (χ4n) is 2.89. The monoisotopic (exact) mass is 242 g/mol. The molecule has 2 aliphatic rings. The molecule has 1 aliphatic carbocycles. The summed E-state index contributed by atoms with van der Waals surface area (Å²) in [7, 11) is 0. The zero-order valence-corrected chi connectivity index (χ0v) is 11.1. The van der Waals surface area contributed by atoms with E-state index in [0.29, 0.717) is 12.0 Å². The van der Waals surface area contributed by atoms with Crippen LogP contribution in [0.1, 0.15) is 26.7 Å². The van der Waals surface area contributed by atoms with Crippen LogP contribution in [0.4, 0.5) is 0 Å². The van der Waals surface area contributed by atoms with Crippen molar-refractivity contribution in [3.8, 4) is 0 Å². The van der Waals surface area contributed by atoms with Crippen molar-refractivity contribution in [2.24, 2.45) is 5.92 Å². The van der Waals surface area contributed by atoms with Gasteiger partial charge in [0.2, 0.25) is 0 Å². The average molecular weight is 242 g/mol. The van der Waals surface area contributed by atoms with Crippen LogP contribution in [0.15, 0.2) is 0 Å². The van der Waals surface area contributed by atoms with Gasteiger partial charge < -0.3 is 15.2 Å². The number of ether oxygens (including phenoxy) is 1. The summed E-state index contributed by atoms with van der Waals surface area (Å²) >= 11 is 0. The lowest BCUT2D eigenvalue weighted by Gasteiger charge is -2.41. The molecule has 17 heavy (non-hydrogen) atoms. The van der Waals surface area contributed by atoms with E-state index in [1.165, 1.54) is 12.8 Å². The second-order valence-electron chi connectivity index (χ2n) is 5.78. The van der Waals surface area contributed by atoms with Crippen molar-refractivity contribution in [3.05, 3.63) is 0 Å². The van der Waals surface area contributed by atoms with Gasteiger partial charge >= 0.3 is 0 Å². The molecular weight excluding hydrogens is 216 g/mol. The molecule has 2 N–H and O–H groups in total. The minimum absolute atomic E-state index is 0.0918. The van der Waals surface area contributed by atoms with Crippen molar-refractivity contribution in [1.82, 2.24) is 10.2 Å². The fourth-order valence-corrected chi connectivity index (χ4v) is 2.89. The Morgan fingerprint density at radius 1 is 1.35 bits per heavy atom. The van der Waals surface area contributed by atoms with Crippen LogP contribution in [0, 0.1) is 5.92 Å². The zero-order chi connectivity index (χ0) is 12.3. The average Bonchev–Trinajstić information content (AvgIpc) is 3.13. The Hall–Kier alpha value is -0.160. The summed E-state index contributed by atoms with van der Waals surface area (Å²) in [5.74, 6) is 0.651. The first-order valence-corrected chi connectivity index (χ1v) is 6.85. The minimum Gasteiger partial charge on any atom is -0.394 e. The van der Waals surface area contributed by atoms with Crippen molar-refractivity contribution >= 4 is 0 Å². The van der Waals surface area contributed by atoms with Gasteiger partial charge in [-0.05, 0) is 18.8 Å². The summed E-state index contributed by atoms with van der Waals surface area (Å²) in [5.41, 5.74) is -0.0918. The molecule has 0 amide bonds. The number of morpholine rings is 1. The Bertz CT molecular complexity index is 238. The van der Waals surface area contributed by atoms with E-state index >= 15 is 0 Å². The number of aliphatic hydroxyl groups excluding tert-OH is 1. The lowest BCUT2D eigenvalue weighted by Crippen LogP contribution is -2.61. The Labute approximate surface area is 104 Å². The van der Waals surface area contributed by atoms with Crippen LogP contribution in [0.25, 0.3) is 0 Å². The van der Waals surface area contributed by atoms with Crippen LogP contribution in [0.3, 0.4) is 0 Å². The molecule has 1 heterocycles. The van der Waals surface area contributed by atoms with Gasteiger partial charge in [0.25, 0.3) is 0 Å². The third kappa shape index (κ3) is 3.41. The molecule has 4 heteroatoms. The first kappa shape index (κ1) is 13.3. The molecule has 0 radical (unpaired) electrons. The molecule has 0 aromatic rings. The van der Waals surface area contributed by atoms with Gasteiger partial charge in [0, 0.05) is 25.7 Å². The topological polar surface area (TPSA) is 44.7 Å². The molecule has 1 aliphatic heterocycles. The molecule has 1 unspecified atom stereocenters. The maximum atomic E-state index is 9.85. The van der Waals surface area contributed by atoms with Crippen molar-refractivity contribution in [3.63, 3.8) is 0 Å². The van der Waals surface area contributed by atoms with Crippen LogP contribution in [0.5, 0.6) is 0 Å². The molecule has 2 rings (SSSR count). The summed E-state index contributed by atoms with van der Waals surface area (Å²) < 4.78 is 5.38. The van der Waals surface area contributed by atoms with Gasteiger partial charge in [0.05, 0.1) is 25.4 Å². The number of hydrogen-bond donors (Lipinski definition) is 2. The maximum absolute atomic E-state index is 9.85. The second-order valence-corrected chi connectivity index (χ2v) is 5.78. The Kier molecular flexibility index (Phi) is 4.42. The quantitative estimate of drug-likeness (QED) is 0.710. The summed E-state index contributed by atoms with van der Waals surface area (Å²) in [5, 5.41) is 13.5. The molecule has 0 spiro atoms. The molecule has 0 aromatic carbocycles. The largest absolute Gasteiger partial charge is 0.394 e. The zero-order valence-electron chi connectivity index (χ0n) is 11.1. The van der Waals surface area contributed by atoms with E-state index in [1.54, 1.807) is 0 Å². The second kappa shape index (κ2) is 5.65. The lowest BCUT2D eigenvalue weighted by atomic mass is 9.92. The van der Waals surface area contributed by atoms with Crippen molar-refractivity contribution < 1.29 is 9.84 Å². The number of hydrogen-bond acceptors (Lipinski definition) is 4. The summed E-state index contributed by atoms with van der Waals surface area (Å²) in [6.07, 6.45) is 2.51. The standard InChI is InChI=1S/C13H26N2O2/c1-11(2)14-13(10-16,12-3-4-12)9-15-5-7-17-8-6-15/h11-12,14,16H,3-10H2,1-2H3. The third-order valence-electron chi connectivity index (χ3n) is 3.83. The Morgan fingerprint density at radius 3 is 2.47 bits per heavy atom. The lowest BCUT2D eigenvalue weighted by molar-refractivity contribution is 0.00758. The first-order chi connectivity index (χ1) is 8.16. The number of nitrogens with one attached hydrogen (secondary N) is 1. The van der Waals surface area contributed by atoms with E-state index in [0.717, 1.165) is 32.8 Å². The van der Waals surface area contributed by atoms with E-state index in [2.05, 4.69) is 24.1 Å². The minimum atomic E-state index is -0.0918. The number of rotatable bonds is 6. The summed E-state index contributed by atoms with van der Waals surface area (Å²) in [6.45, 7) is 9.16. The molecule has 1 saturated carbocycles. The third-order valence-corrected chi connectivity index (χ3v) is 3.83. The molecule has 0 aromatic heterocycles. The Balaban J connectivity index is 1.97. The molecule has 4 nitrogen and oxygen atoms in total. The summed E-state index contributed by atoms with van der Waals surface area (Å²) in [4.78, 5) is 2.42. The van der Waals surface area contributed by atoms with Crippen LogP contribution < -0.4 is 5.32 Å². The fraction of sp³-hybridized carbons (Fsp3) is 1.00. The smallest absolute Gasteiger partial charge is 0.0628 e. The highest BCUT2D eigenvalue weighted by atomic mass is 16.5. The van der Waals surface area contributed by atoms with Gasteiger partial charge in [0.15, 0.2) is 0 Å². The molecule has 100 valence electrons. The molecule has 1 atom stereocenters.